The van der Waals surface area contributed by atoms with Crippen molar-refractivity contribution in [3.05, 3.63) is 12.2 Å². The first-order valence-corrected chi connectivity index (χ1v) is 6.37. The summed E-state index contributed by atoms with van der Waals surface area (Å²) in [6.07, 6.45) is 9.44. The van der Waals surface area contributed by atoms with Gasteiger partial charge in [-0.05, 0) is 31.6 Å². The van der Waals surface area contributed by atoms with Gasteiger partial charge in [0.2, 0.25) is 6.39 Å². The van der Waals surface area contributed by atoms with Crippen molar-refractivity contribution in [1.82, 2.24) is 15.5 Å². The van der Waals surface area contributed by atoms with E-state index in [9.17, 15) is 0 Å². The summed E-state index contributed by atoms with van der Waals surface area (Å²) in [7, 11) is 0. The molecule has 2 rings (SSSR count). The molecule has 1 heterocycles. The first-order valence-electron chi connectivity index (χ1n) is 6.37. The Morgan fingerprint density at radius 2 is 2.19 bits per heavy atom. The van der Waals surface area contributed by atoms with E-state index in [1.807, 2.05) is 0 Å². The molecule has 4 nitrogen and oxygen atoms in total. The molecule has 1 aliphatic carbocycles. The van der Waals surface area contributed by atoms with E-state index in [4.69, 9.17) is 4.52 Å². The minimum absolute atomic E-state index is 0.645. The van der Waals surface area contributed by atoms with Crippen LogP contribution in [0.2, 0.25) is 0 Å². The van der Waals surface area contributed by atoms with Gasteiger partial charge in [0.15, 0.2) is 5.82 Å². The summed E-state index contributed by atoms with van der Waals surface area (Å²) < 4.78 is 4.70. The predicted octanol–water partition coefficient (Wildman–Crippen LogP) is 2.52. The fourth-order valence-corrected chi connectivity index (χ4v) is 2.57. The van der Waals surface area contributed by atoms with Gasteiger partial charge in [0.05, 0.1) is 6.54 Å². The maximum absolute atomic E-state index is 4.70. The van der Waals surface area contributed by atoms with E-state index in [0.717, 1.165) is 18.3 Å². The third kappa shape index (κ3) is 3.30. The van der Waals surface area contributed by atoms with Gasteiger partial charge in [0.25, 0.3) is 0 Å². The number of hydrogen-bond acceptors (Lipinski definition) is 4. The van der Waals surface area contributed by atoms with Gasteiger partial charge in [-0.25, -0.2) is 0 Å². The van der Waals surface area contributed by atoms with Gasteiger partial charge in [-0.2, -0.15) is 4.98 Å². The second-order valence-electron chi connectivity index (χ2n) is 4.73. The minimum atomic E-state index is 0.645. The van der Waals surface area contributed by atoms with Crippen molar-refractivity contribution in [2.45, 2.75) is 58.0 Å². The van der Waals surface area contributed by atoms with E-state index in [-0.39, 0.29) is 0 Å². The Morgan fingerprint density at radius 3 is 2.81 bits per heavy atom. The molecular formula is C12H21N3O. The number of aromatic nitrogens is 2. The Balaban J connectivity index is 1.65. The van der Waals surface area contributed by atoms with Gasteiger partial charge in [-0.1, -0.05) is 24.9 Å². The van der Waals surface area contributed by atoms with Crippen molar-refractivity contribution in [3.8, 4) is 0 Å². The smallest absolute Gasteiger partial charge is 0.213 e. The van der Waals surface area contributed by atoms with Crippen molar-refractivity contribution in [2.75, 3.05) is 0 Å². The Hall–Kier alpha value is -0.900. The lowest BCUT2D eigenvalue weighted by Gasteiger charge is -2.28. The van der Waals surface area contributed by atoms with E-state index >= 15 is 0 Å². The Kier molecular flexibility index (Phi) is 4.34. The van der Waals surface area contributed by atoms with E-state index < -0.39 is 0 Å². The van der Waals surface area contributed by atoms with Crippen molar-refractivity contribution in [1.29, 1.82) is 0 Å². The lowest BCUT2D eigenvalue weighted by atomic mass is 9.83. The van der Waals surface area contributed by atoms with Gasteiger partial charge in [0.1, 0.15) is 0 Å². The van der Waals surface area contributed by atoms with Crippen LogP contribution in [0.15, 0.2) is 10.9 Å². The molecule has 0 saturated heterocycles. The van der Waals surface area contributed by atoms with Crippen LogP contribution in [0.25, 0.3) is 0 Å². The normalized spacial score (nSPS) is 25.8. The molecular weight excluding hydrogens is 202 g/mol. The average Bonchev–Trinajstić information content (AvgIpc) is 2.82. The number of nitrogens with one attached hydrogen (secondary N) is 1. The highest BCUT2D eigenvalue weighted by Crippen LogP contribution is 2.27. The van der Waals surface area contributed by atoms with Crippen LogP contribution >= 0.6 is 0 Å². The largest absolute Gasteiger partial charge is 0.343 e. The molecule has 0 unspecified atom stereocenters. The summed E-state index contributed by atoms with van der Waals surface area (Å²) in [6.45, 7) is 3.01. The molecule has 0 spiro atoms. The lowest BCUT2D eigenvalue weighted by molar-refractivity contribution is 0.275. The minimum Gasteiger partial charge on any atom is -0.343 e. The SMILES string of the molecule is CCCC1CCC(NCc2ncon2)CC1. The highest BCUT2D eigenvalue weighted by atomic mass is 16.5. The van der Waals surface area contributed by atoms with Crippen molar-refractivity contribution in [3.63, 3.8) is 0 Å². The van der Waals surface area contributed by atoms with Gasteiger partial charge in [0, 0.05) is 6.04 Å². The van der Waals surface area contributed by atoms with Crippen LogP contribution < -0.4 is 5.32 Å². The standard InChI is InChI=1S/C12H21N3O/c1-2-3-10-4-6-11(7-5-10)13-8-12-14-9-16-15-12/h9-11,13H,2-8H2,1H3. The third-order valence-corrected chi connectivity index (χ3v) is 3.50. The first kappa shape index (κ1) is 11.6. The van der Waals surface area contributed by atoms with E-state index in [0.29, 0.717) is 6.04 Å². The van der Waals surface area contributed by atoms with Crippen LogP contribution in [-0.4, -0.2) is 16.2 Å². The second-order valence-corrected chi connectivity index (χ2v) is 4.73. The van der Waals surface area contributed by atoms with E-state index in [1.54, 1.807) is 0 Å². The molecule has 1 saturated carbocycles. The molecule has 0 radical (unpaired) electrons. The van der Waals surface area contributed by atoms with Gasteiger partial charge < -0.3 is 9.84 Å². The fourth-order valence-electron chi connectivity index (χ4n) is 2.57. The summed E-state index contributed by atoms with van der Waals surface area (Å²) in [4.78, 5) is 4.00. The van der Waals surface area contributed by atoms with Crippen molar-refractivity contribution < 1.29 is 4.52 Å². The summed E-state index contributed by atoms with van der Waals surface area (Å²) in [5.74, 6) is 1.73. The lowest BCUT2D eigenvalue weighted by Crippen LogP contribution is -2.33. The average molecular weight is 223 g/mol. The number of nitrogens with zero attached hydrogens (tertiary/aromatic N) is 2. The molecule has 0 aliphatic heterocycles. The molecule has 1 aliphatic rings. The Morgan fingerprint density at radius 1 is 1.38 bits per heavy atom. The van der Waals surface area contributed by atoms with E-state index in [1.165, 1.54) is 44.9 Å². The summed E-state index contributed by atoms with van der Waals surface area (Å²) in [6, 6.07) is 0.645. The van der Waals surface area contributed by atoms with Crippen molar-refractivity contribution >= 4 is 0 Å². The van der Waals surface area contributed by atoms with Crippen LogP contribution in [0.3, 0.4) is 0 Å². The van der Waals surface area contributed by atoms with Gasteiger partial charge in [-0.3, -0.25) is 0 Å². The molecule has 0 bridgehead atoms. The zero-order valence-corrected chi connectivity index (χ0v) is 9.98. The van der Waals surface area contributed by atoms with E-state index in [2.05, 4.69) is 22.4 Å². The zero-order chi connectivity index (χ0) is 11.2. The van der Waals surface area contributed by atoms with Crippen molar-refractivity contribution in [2.24, 2.45) is 5.92 Å². The maximum atomic E-state index is 4.70. The zero-order valence-electron chi connectivity index (χ0n) is 9.98. The Labute approximate surface area is 96.8 Å². The first-order chi connectivity index (χ1) is 7.88. The topological polar surface area (TPSA) is 51.0 Å². The molecule has 4 heteroatoms. The predicted molar refractivity (Wildman–Crippen MR) is 61.8 cm³/mol. The highest BCUT2D eigenvalue weighted by molar-refractivity contribution is 4.82. The fraction of sp³-hybridized carbons (Fsp3) is 0.833. The van der Waals surface area contributed by atoms with Crippen LogP contribution in [0.1, 0.15) is 51.3 Å². The third-order valence-electron chi connectivity index (χ3n) is 3.50. The summed E-state index contributed by atoms with van der Waals surface area (Å²) in [5, 5.41) is 7.30. The number of rotatable bonds is 5. The molecule has 1 fully saturated rings. The van der Waals surface area contributed by atoms with Crippen LogP contribution in [0.4, 0.5) is 0 Å². The maximum Gasteiger partial charge on any atom is 0.213 e. The van der Waals surface area contributed by atoms with Crippen LogP contribution in [-0.2, 0) is 6.54 Å². The molecule has 16 heavy (non-hydrogen) atoms. The summed E-state index contributed by atoms with van der Waals surface area (Å²) >= 11 is 0. The second kappa shape index (κ2) is 5.99. The Bertz CT molecular complexity index is 278. The summed E-state index contributed by atoms with van der Waals surface area (Å²) in [5.41, 5.74) is 0. The molecule has 90 valence electrons. The number of hydrogen-bond donors (Lipinski definition) is 1. The van der Waals surface area contributed by atoms with Crippen LogP contribution in [0.5, 0.6) is 0 Å². The monoisotopic (exact) mass is 223 g/mol. The quantitative estimate of drug-likeness (QED) is 0.833. The molecule has 1 aromatic rings. The molecule has 0 amide bonds. The van der Waals surface area contributed by atoms with Crippen LogP contribution in [0, 0.1) is 5.92 Å². The molecule has 0 atom stereocenters. The molecule has 1 aromatic heterocycles. The molecule has 1 N–H and O–H groups in total. The highest BCUT2D eigenvalue weighted by Gasteiger charge is 2.20. The van der Waals surface area contributed by atoms with Gasteiger partial charge >= 0.3 is 0 Å². The molecule has 0 aromatic carbocycles. The van der Waals surface area contributed by atoms with Gasteiger partial charge in [-0.15, -0.1) is 0 Å².